The zero-order valence-corrected chi connectivity index (χ0v) is 12.4. The Labute approximate surface area is 126 Å². The van der Waals surface area contributed by atoms with Gasteiger partial charge < -0.3 is 15.3 Å². The molecule has 0 bridgehead atoms. The summed E-state index contributed by atoms with van der Waals surface area (Å²) in [5, 5.41) is 13.8. The van der Waals surface area contributed by atoms with Crippen molar-refractivity contribution < 1.29 is 9.90 Å². The summed E-state index contributed by atoms with van der Waals surface area (Å²) in [6.07, 6.45) is 4.68. The lowest BCUT2D eigenvalue weighted by Crippen LogP contribution is -2.48. The van der Waals surface area contributed by atoms with E-state index >= 15 is 0 Å². The number of aliphatic hydroxyl groups is 1. The van der Waals surface area contributed by atoms with E-state index in [-0.39, 0.29) is 5.91 Å². The van der Waals surface area contributed by atoms with Gasteiger partial charge in [-0.3, -0.25) is 4.79 Å². The molecule has 1 aliphatic heterocycles. The number of aliphatic hydroxyl groups excluding tert-OH is 1. The topological polar surface area (TPSA) is 52.6 Å². The van der Waals surface area contributed by atoms with Crippen LogP contribution in [0.4, 0.5) is 0 Å². The van der Waals surface area contributed by atoms with Gasteiger partial charge in [-0.25, -0.2) is 0 Å². The predicted molar refractivity (Wildman–Crippen MR) is 81.8 cm³/mol. The van der Waals surface area contributed by atoms with Crippen LogP contribution >= 0.6 is 0 Å². The number of carbonyl (C=O) groups excluding carboxylic acids is 1. The molecular formula is C17H24N2O2. The first kappa shape index (κ1) is 14.5. The second kappa shape index (κ2) is 6.58. The molecule has 0 aromatic heterocycles. The zero-order valence-electron chi connectivity index (χ0n) is 12.4. The van der Waals surface area contributed by atoms with Crippen molar-refractivity contribution in [2.24, 2.45) is 0 Å². The fourth-order valence-electron chi connectivity index (χ4n) is 3.06. The minimum Gasteiger partial charge on any atom is -0.378 e. The number of rotatable bonds is 5. The summed E-state index contributed by atoms with van der Waals surface area (Å²) in [7, 11) is 0. The van der Waals surface area contributed by atoms with Gasteiger partial charge in [0.15, 0.2) is 6.10 Å². The molecule has 1 heterocycles. The number of hydrogen-bond acceptors (Lipinski definition) is 3. The van der Waals surface area contributed by atoms with E-state index in [2.05, 4.69) is 5.32 Å². The third-order valence-corrected chi connectivity index (χ3v) is 4.45. The third-order valence-electron chi connectivity index (χ3n) is 4.45. The van der Waals surface area contributed by atoms with E-state index in [0.29, 0.717) is 17.6 Å². The normalized spacial score (nSPS) is 23.6. The molecular weight excluding hydrogens is 264 g/mol. The maximum absolute atomic E-state index is 12.6. The highest BCUT2D eigenvalue weighted by atomic mass is 16.3. The molecule has 2 unspecified atom stereocenters. The van der Waals surface area contributed by atoms with Crippen LogP contribution in [0, 0.1) is 0 Å². The Hall–Kier alpha value is -1.39. The fraction of sp³-hybridized carbons (Fsp3) is 0.588. The van der Waals surface area contributed by atoms with E-state index in [9.17, 15) is 9.90 Å². The molecule has 2 N–H and O–H groups in total. The van der Waals surface area contributed by atoms with Gasteiger partial charge in [-0.2, -0.15) is 0 Å². The SMILES string of the molecule is O=C(C(O)c1ccccc1)N(CC1CCCCN1)C1CC1. The quantitative estimate of drug-likeness (QED) is 0.869. The van der Waals surface area contributed by atoms with Gasteiger partial charge in [-0.15, -0.1) is 0 Å². The van der Waals surface area contributed by atoms with E-state index in [1.54, 1.807) is 0 Å². The van der Waals surface area contributed by atoms with Crippen LogP contribution in [0.3, 0.4) is 0 Å². The van der Waals surface area contributed by atoms with Crippen molar-refractivity contribution in [3.05, 3.63) is 35.9 Å². The summed E-state index contributed by atoms with van der Waals surface area (Å²) in [6.45, 7) is 1.77. The monoisotopic (exact) mass is 288 g/mol. The predicted octanol–water partition coefficient (Wildman–Crippen LogP) is 1.85. The molecule has 0 radical (unpaired) electrons. The Kier molecular flexibility index (Phi) is 4.56. The Morgan fingerprint density at radius 3 is 2.62 bits per heavy atom. The molecule has 1 saturated heterocycles. The molecule has 1 aromatic carbocycles. The molecule has 2 atom stereocenters. The van der Waals surface area contributed by atoms with Gasteiger partial charge in [0.05, 0.1) is 0 Å². The molecule has 2 fully saturated rings. The number of piperidine rings is 1. The van der Waals surface area contributed by atoms with Crippen molar-refractivity contribution in [3.63, 3.8) is 0 Å². The lowest BCUT2D eigenvalue weighted by molar-refractivity contribution is -0.141. The number of amides is 1. The lowest BCUT2D eigenvalue weighted by atomic mass is 10.0. The molecule has 1 aromatic rings. The van der Waals surface area contributed by atoms with Crippen LogP contribution in [0.1, 0.15) is 43.8 Å². The highest BCUT2D eigenvalue weighted by Crippen LogP contribution is 2.30. The molecule has 0 spiro atoms. The Morgan fingerprint density at radius 1 is 1.24 bits per heavy atom. The third kappa shape index (κ3) is 3.63. The van der Waals surface area contributed by atoms with E-state index < -0.39 is 6.10 Å². The number of hydrogen-bond donors (Lipinski definition) is 2. The van der Waals surface area contributed by atoms with E-state index in [0.717, 1.165) is 32.4 Å². The van der Waals surface area contributed by atoms with Gasteiger partial charge in [0.1, 0.15) is 0 Å². The van der Waals surface area contributed by atoms with Gasteiger partial charge >= 0.3 is 0 Å². The summed E-state index contributed by atoms with van der Waals surface area (Å²) in [6, 6.07) is 9.95. The molecule has 1 saturated carbocycles. The highest BCUT2D eigenvalue weighted by Gasteiger charge is 2.37. The molecule has 21 heavy (non-hydrogen) atoms. The van der Waals surface area contributed by atoms with Crippen LogP contribution in [0.15, 0.2) is 30.3 Å². The molecule has 114 valence electrons. The van der Waals surface area contributed by atoms with Crippen molar-refractivity contribution >= 4 is 5.91 Å². The van der Waals surface area contributed by atoms with Crippen LogP contribution in [0.25, 0.3) is 0 Å². The van der Waals surface area contributed by atoms with Crippen LogP contribution < -0.4 is 5.32 Å². The number of benzene rings is 1. The van der Waals surface area contributed by atoms with E-state index in [1.165, 1.54) is 12.8 Å². The largest absolute Gasteiger partial charge is 0.378 e. The summed E-state index contributed by atoms with van der Waals surface area (Å²) in [5.74, 6) is -0.143. The first-order valence-electron chi connectivity index (χ1n) is 8.02. The molecule has 3 rings (SSSR count). The second-order valence-electron chi connectivity index (χ2n) is 6.18. The summed E-state index contributed by atoms with van der Waals surface area (Å²) < 4.78 is 0. The van der Waals surface area contributed by atoms with Crippen molar-refractivity contribution in [2.75, 3.05) is 13.1 Å². The highest BCUT2D eigenvalue weighted by molar-refractivity contribution is 5.82. The van der Waals surface area contributed by atoms with Crippen LogP contribution in [0.5, 0.6) is 0 Å². The van der Waals surface area contributed by atoms with Crippen LogP contribution in [-0.4, -0.2) is 41.1 Å². The minimum atomic E-state index is -1.03. The van der Waals surface area contributed by atoms with Crippen molar-refractivity contribution in [1.82, 2.24) is 10.2 Å². The number of nitrogens with one attached hydrogen (secondary N) is 1. The van der Waals surface area contributed by atoms with Crippen molar-refractivity contribution in [3.8, 4) is 0 Å². The van der Waals surface area contributed by atoms with Gasteiger partial charge in [0.25, 0.3) is 5.91 Å². The van der Waals surface area contributed by atoms with Gasteiger partial charge in [-0.05, 0) is 37.8 Å². The molecule has 1 aliphatic carbocycles. The standard InChI is InChI=1S/C17H24N2O2/c20-16(13-6-2-1-3-7-13)17(21)19(15-9-10-15)12-14-8-4-5-11-18-14/h1-3,6-7,14-16,18,20H,4-5,8-12H2. The zero-order chi connectivity index (χ0) is 14.7. The summed E-state index contributed by atoms with van der Waals surface area (Å²) in [5.41, 5.74) is 0.685. The Balaban J connectivity index is 1.66. The number of nitrogens with zero attached hydrogens (tertiary/aromatic N) is 1. The second-order valence-corrected chi connectivity index (χ2v) is 6.18. The maximum atomic E-state index is 12.6. The molecule has 2 aliphatic rings. The molecule has 1 amide bonds. The van der Waals surface area contributed by atoms with Crippen molar-refractivity contribution in [2.45, 2.75) is 50.3 Å². The van der Waals surface area contributed by atoms with Gasteiger partial charge in [0.2, 0.25) is 0 Å². The minimum absolute atomic E-state index is 0.143. The average molecular weight is 288 g/mol. The van der Waals surface area contributed by atoms with Crippen LogP contribution in [0.2, 0.25) is 0 Å². The Morgan fingerprint density at radius 2 is 2.00 bits per heavy atom. The summed E-state index contributed by atoms with van der Waals surface area (Å²) >= 11 is 0. The fourth-order valence-corrected chi connectivity index (χ4v) is 3.06. The molecule has 4 nitrogen and oxygen atoms in total. The smallest absolute Gasteiger partial charge is 0.256 e. The molecule has 4 heteroatoms. The first-order valence-corrected chi connectivity index (χ1v) is 8.02. The van der Waals surface area contributed by atoms with Crippen LogP contribution in [-0.2, 0) is 4.79 Å². The van der Waals surface area contributed by atoms with Gasteiger partial charge in [0, 0.05) is 18.6 Å². The number of carbonyl (C=O) groups is 1. The van der Waals surface area contributed by atoms with Gasteiger partial charge in [-0.1, -0.05) is 36.8 Å². The van der Waals surface area contributed by atoms with Crippen molar-refractivity contribution in [1.29, 1.82) is 0 Å². The van der Waals surface area contributed by atoms with E-state index in [4.69, 9.17) is 0 Å². The lowest BCUT2D eigenvalue weighted by Gasteiger charge is -2.32. The first-order chi connectivity index (χ1) is 10.3. The van der Waals surface area contributed by atoms with E-state index in [1.807, 2.05) is 35.2 Å². The Bertz CT molecular complexity index is 467. The maximum Gasteiger partial charge on any atom is 0.256 e. The summed E-state index contributed by atoms with van der Waals surface area (Å²) in [4.78, 5) is 14.6. The average Bonchev–Trinajstić information content (AvgIpc) is 3.38.